The van der Waals surface area contributed by atoms with Crippen LogP contribution in [-0.4, -0.2) is 63.2 Å². The Labute approximate surface area is 136 Å². The first-order valence-corrected chi connectivity index (χ1v) is 7.54. The molecule has 1 aliphatic heterocycles. The fraction of sp³-hybridized carbons (Fsp3) is 0.400. The minimum Gasteiger partial charge on any atom is -0.336 e. The van der Waals surface area contributed by atoms with Crippen LogP contribution in [0.4, 0.5) is 13.2 Å². The van der Waals surface area contributed by atoms with Gasteiger partial charge in [-0.15, -0.1) is 0 Å². The lowest BCUT2D eigenvalue weighted by molar-refractivity contribution is 0.0626. The van der Waals surface area contributed by atoms with E-state index in [1.807, 2.05) is 0 Å². The molecule has 1 aromatic carbocycles. The van der Waals surface area contributed by atoms with Crippen molar-refractivity contribution in [3.63, 3.8) is 0 Å². The van der Waals surface area contributed by atoms with Crippen molar-refractivity contribution in [2.45, 2.75) is 6.54 Å². The lowest BCUT2D eigenvalue weighted by Crippen LogP contribution is -2.49. The number of carbonyl (C=O) groups excluding carboxylic acids is 1. The van der Waals surface area contributed by atoms with Crippen molar-refractivity contribution in [3.8, 4) is 0 Å². The molecule has 2 aromatic rings. The summed E-state index contributed by atoms with van der Waals surface area (Å²) in [6.45, 7) is 3.47. The van der Waals surface area contributed by atoms with Crippen LogP contribution in [0.25, 0.3) is 0 Å². The van der Waals surface area contributed by atoms with Crippen LogP contribution in [-0.2, 0) is 6.54 Å². The molecule has 1 fully saturated rings. The first-order chi connectivity index (χ1) is 11.6. The smallest absolute Gasteiger partial charge is 0.257 e. The van der Waals surface area contributed by atoms with E-state index in [9.17, 15) is 18.0 Å². The van der Waals surface area contributed by atoms with Crippen LogP contribution in [0.5, 0.6) is 0 Å². The fourth-order valence-corrected chi connectivity index (χ4v) is 2.63. The van der Waals surface area contributed by atoms with E-state index in [1.54, 1.807) is 11.0 Å². The minimum atomic E-state index is -1.62. The summed E-state index contributed by atoms with van der Waals surface area (Å²) < 4.78 is 41.7. The number of hydrogen-bond acceptors (Lipinski definition) is 4. The molecule has 1 aromatic heterocycles. The molecule has 0 aliphatic carbocycles. The van der Waals surface area contributed by atoms with Gasteiger partial charge in [0.15, 0.2) is 17.5 Å². The van der Waals surface area contributed by atoms with E-state index in [0.29, 0.717) is 32.7 Å². The molecule has 1 amide bonds. The summed E-state index contributed by atoms with van der Waals surface area (Å²) in [7, 11) is 0. The number of amides is 1. The molecule has 0 bridgehead atoms. The van der Waals surface area contributed by atoms with Crippen molar-refractivity contribution in [2.75, 3.05) is 32.7 Å². The normalized spacial score (nSPS) is 15.7. The van der Waals surface area contributed by atoms with Crippen LogP contribution in [0.15, 0.2) is 24.8 Å². The van der Waals surface area contributed by atoms with Crippen molar-refractivity contribution < 1.29 is 18.0 Å². The number of rotatable bonds is 4. The Hall–Kier alpha value is -2.42. The van der Waals surface area contributed by atoms with Crippen LogP contribution < -0.4 is 0 Å². The van der Waals surface area contributed by atoms with Gasteiger partial charge < -0.3 is 4.90 Å². The van der Waals surface area contributed by atoms with Gasteiger partial charge in [-0.25, -0.2) is 18.2 Å². The summed E-state index contributed by atoms with van der Waals surface area (Å²) >= 11 is 0. The van der Waals surface area contributed by atoms with E-state index in [2.05, 4.69) is 15.0 Å². The molecule has 0 unspecified atom stereocenters. The summed E-state index contributed by atoms with van der Waals surface area (Å²) in [6.07, 6.45) is 3.10. The van der Waals surface area contributed by atoms with Gasteiger partial charge in [0.25, 0.3) is 5.91 Å². The predicted molar refractivity (Wildman–Crippen MR) is 78.7 cm³/mol. The number of hydrogen-bond donors (Lipinski definition) is 0. The number of halogens is 3. The fourth-order valence-electron chi connectivity index (χ4n) is 2.63. The molecule has 0 N–H and O–H groups in total. The number of nitrogens with zero attached hydrogens (tertiary/aromatic N) is 5. The van der Waals surface area contributed by atoms with Gasteiger partial charge in [0.1, 0.15) is 12.7 Å². The standard InChI is InChI=1S/C15H16F3N5O/c16-12-2-1-11(13(17)14(12)18)15(24)22-6-3-21(4-7-22)5-8-23-10-19-9-20-23/h1-2,9-10H,3-8H2. The van der Waals surface area contributed by atoms with E-state index in [-0.39, 0.29) is 0 Å². The van der Waals surface area contributed by atoms with E-state index in [1.165, 1.54) is 11.2 Å². The Morgan fingerprint density at radius 2 is 1.79 bits per heavy atom. The quantitative estimate of drug-likeness (QED) is 0.785. The molecule has 6 nitrogen and oxygen atoms in total. The largest absolute Gasteiger partial charge is 0.336 e. The van der Waals surface area contributed by atoms with E-state index in [0.717, 1.165) is 18.7 Å². The van der Waals surface area contributed by atoms with Gasteiger partial charge in [-0.2, -0.15) is 5.10 Å². The van der Waals surface area contributed by atoms with Crippen molar-refractivity contribution in [1.29, 1.82) is 0 Å². The lowest BCUT2D eigenvalue weighted by Gasteiger charge is -2.34. The van der Waals surface area contributed by atoms with Gasteiger partial charge in [0.05, 0.1) is 12.1 Å². The molecular formula is C15H16F3N5O. The SMILES string of the molecule is O=C(c1ccc(F)c(F)c1F)N1CCN(CCn2cncn2)CC1. The third-order valence-electron chi connectivity index (χ3n) is 4.04. The Balaban J connectivity index is 1.56. The average molecular weight is 339 g/mol. The maximum atomic E-state index is 13.7. The van der Waals surface area contributed by atoms with Crippen LogP contribution in [0.3, 0.4) is 0 Å². The van der Waals surface area contributed by atoms with Gasteiger partial charge in [-0.05, 0) is 12.1 Å². The van der Waals surface area contributed by atoms with Crippen LogP contribution >= 0.6 is 0 Å². The predicted octanol–water partition coefficient (Wildman–Crippen LogP) is 1.15. The summed E-state index contributed by atoms with van der Waals surface area (Å²) in [4.78, 5) is 19.7. The van der Waals surface area contributed by atoms with Crippen molar-refractivity contribution in [3.05, 3.63) is 47.8 Å². The zero-order valence-corrected chi connectivity index (χ0v) is 12.8. The second-order valence-electron chi connectivity index (χ2n) is 5.52. The van der Waals surface area contributed by atoms with Crippen molar-refractivity contribution >= 4 is 5.91 Å². The van der Waals surface area contributed by atoms with E-state index >= 15 is 0 Å². The topological polar surface area (TPSA) is 54.3 Å². The number of aromatic nitrogens is 3. The molecule has 0 atom stereocenters. The van der Waals surface area contributed by atoms with Gasteiger partial charge in [0, 0.05) is 32.7 Å². The van der Waals surface area contributed by atoms with Gasteiger partial charge >= 0.3 is 0 Å². The molecular weight excluding hydrogens is 323 g/mol. The molecule has 128 valence electrons. The molecule has 24 heavy (non-hydrogen) atoms. The van der Waals surface area contributed by atoms with Gasteiger partial charge in [0.2, 0.25) is 0 Å². The molecule has 0 spiro atoms. The van der Waals surface area contributed by atoms with E-state index < -0.39 is 28.9 Å². The summed E-state index contributed by atoms with van der Waals surface area (Å²) in [5.74, 6) is -4.98. The van der Waals surface area contributed by atoms with Crippen LogP contribution in [0, 0.1) is 17.5 Å². The highest BCUT2D eigenvalue weighted by molar-refractivity contribution is 5.94. The monoisotopic (exact) mass is 339 g/mol. The molecule has 9 heteroatoms. The molecule has 3 rings (SSSR count). The second kappa shape index (κ2) is 7.00. The Kier molecular flexibility index (Phi) is 4.79. The zero-order chi connectivity index (χ0) is 17.1. The van der Waals surface area contributed by atoms with Crippen LogP contribution in [0.1, 0.15) is 10.4 Å². The molecule has 1 aliphatic rings. The van der Waals surface area contributed by atoms with Gasteiger partial charge in [-0.3, -0.25) is 14.4 Å². The van der Waals surface area contributed by atoms with Crippen molar-refractivity contribution in [2.24, 2.45) is 0 Å². The minimum absolute atomic E-state index is 0.397. The van der Waals surface area contributed by atoms with Crippen LogP contribution in [0.2, 0.25) is 0 Å². The lowest BCUT2D eigenvalue weighted by atomic mass is 10.1. The number of carbonyl (C=O) groups is 1. The molecule has 1 saturated heterocycles. The summed E-state index contributed by atoms with van der Waals surface area (Å²) in [5, 5.41) is 4.02. The average Bonchev–Trinajstić information content (AvgIpc) is 3.11. The first-order valence-electron chi connectivity index (χ1n) is 7.54. The summed E-state index contributed by atoms with van der Waals surface area (Å²) in [6, 6.07) is 1.74. The maximum absolute atomic E-state index is 13.7. The highest BCUT2D eigenvalue weighted by Gasteiger charge is 2.26. The highest BCUT2D eigenvalue weighted by atomic mass is 19.2. The third kappa shape index (κ3) is 3.40. The zero-order valence-electron chi connectivity index (χ0n) is 12.8. The first kappa shape index (κ1) is 16.4. The van der Waals surface area contributed by atoms with E-state index in [4.69, 9.17) is 0 Å². The highest BCUT2D eigenvalue weighted by Crippen LogP contribution is 2.17. The van der Waals surface area contributed by atoms with Gasteiger partial charge in [-0.1, -0.05) is 0 Å². The third-order valence-corrected chi connectivity index (χ3v) is 4.04. The molecule has 0 radical (unpaired) electrons. The number of piperazine rings is 1. The molecule has 0 saturated carbocycles. The molecule has 2 heterocycles. The maximum Gasteiger partial charge on any atom is 0.257 e. The second-order valence-corrected chi connectivity index (χ2v) is 5.52. The Morgan fingerprint density at radius 3 is 2.46 bits per heavy atom. The van der Waals surface area contributed by atoms with Crippen molar-refractivity contribution in [1.82, 2.24) is 24.6 Å². The summed E-state index contributed by atoms with van der Waals surface area (Å²) in [5.41, 5.74) is -0.440. The number of benzene rings is 1. The Bertz CT molecular complexity index is 714. The Morgan fingerprint density at radius 1 is 1.04 bits per heavy atom.